The Hall–Kier alpha value is -4.25. The van der Waals surface area contributed by atoms with E-state index in [1.165, 1.54) is 36.4 Å². The van der Waals surface area contributed by atoms with Gasteiger partial charge in [-0.15, -0.1) is 10.9 Å². The van der Waals surface area contributed by atoms with Crippen LogP contribution in [0.1, 0.15) is 22.5 Å². The largest absolute Gasteiger partial charge is 0.777 e. The van der Waals surface area contributed by atoms with Gasteiger partial charge >= 0.3 is 6.35 Å². The first kappa shape index (κ1) is 22.2. The average Bonchev–Trinajstić information content (AvgIpc) is 3.47. The number of aryl methyl sites for hydroxylation is 1. The molecule has 0 radical (unpaired) electrons. The SMILES string of the molecule is Cc1ccc(C2=C(c3ccc(F)cc3)[B-](c3ccc(F)cc3)(c3ccc(F)cc3)[o+]3cccc32)cc1. The highest BCUT2D eigenvalue weighted by Crippen LogP contribution is 2.49. The molecule has 0 unspecified atom stereocenters. The first-order valence-electron chi connectivity index (χ1n) is 11.8. The Morgan fingerprint density at radius 1 is 0.556 bits per heavy atom. The Morgan fingerprint density at radius 3 is 1.56 bits per heavy atom. The van der Waals surface area contributed by atoms with E-state index in [-0.39, 0.29) is 17.5 Å². The fourth-order valence-corrected chi connectivity index (χ4v) is 5.65. The van der Waals surface area contributed by atoms with Crippen LogP contribution in [0.5, 0.6) is 0 Å². The van der Waals surface area contributed by atoms with Gasteiger partial charge in [0.1, 0.15) is 17.5 Å². The molecule has 0 N–H and O–H groups in total. The molecule has 0 spiro atoms. The van der Waals surface area contributed by atoms with Crippen LogP contribution >= 0.6 is 0 Å². The van der Waals surface area contributed by atoms with Crippen molar-refractivity contribution in [2.24, 2.45) is 0 Å². The van der Waals surface area contributed by atoms with E-state index in [0.29, 0.717) is 0 Å². The number of halogens is 3. The number of hydrogen-bond acceptors (Lipinski definition) is 0. The van der Waals surface area contributed by atoms with Crippen LogP contribution in [0.2, 0.25) is 0 Å². The molecule has 5 heteroatoms. The van der Waals surface area contributed by atoms with Crippen LogP contribution in [0.15, 0.2) is 119 Å². The molecule has 36 heavy (non-hydrogen) atoms. The second-order valence-corrected chi connectivity index (χ2v) is 9.28. The van der Waals surface area contributed by atoms with E-state index in [4.69, 9.17) is 0 Å². The van der Waals surface area contributed by atoms with Crippen LogP contribution in [0.4, 0.5) is 13.2 Å². The first-order valence-corrected chi connectivity index (χ1v) is 11.8. The molecule has 1 aliphatic heterocycles. The standard InChI is InChI=1S/C31H22BF3O/c1-21-4-6-22(7-5-21)30-29-3-2-20-36(29)32(24-10-16-27(34)17-11-24,25-12-18-28(35)19-13-25)31(30)23-8-14-26(33)15-9-23/h2-20H,1H3. The Balaban J connectivity index is 1.80. The maximum Gasteiger partial charge on any atom is 0.421 e. The lowest BCUT2D eigenvalue weighted by molar-refractivity contribution is 0.376. The van der Waals surface area contributed by atoms with E-state index < -0.39 is 6.35 Å². The summed E-state index contributed by atoms with van der Waals surface area (Å²) in [6, 6.07) is 31.6. The van der Waals surface area contributed by atoms with Gasteiger partial charge in [-0.25, -0.2) is 13.2 Å². The smallest absolute Gasteiger partial charge is 0.421 e. The molecule has 0 atom stereocenters. The minimum absolute atomic E-state index is 0.330. The second kappa shape index (κ2) is 8.45. The van der Waals surface area contributed by atoms with Crippen LogP contribution in [0.3, 0.4) is 0 Å². The van der Waals surface area contributed by atoms with Crippen molar-refractivity contribution >= 4 is 28.3 Å². The average molecular weight is 478 g/mol. The molecule has 0 fully saturated rings. The summed E-state index contributed by atoms with van der Waals surface area (Å²) in [5.74, 6) is -0.105. The van der Waals surface area contributed by atoms with Crippen molar-refractivity contribution in [3.8, 4) is 0 Å². The van der Waals surface area contributed by atoms with E-state index in [2.05, 4.69) is 28.2 Å². The number of fused-ring (bicyclic) bond motifs is 1. The van der Waals surface area contributed by atoms with Crippen LogP contribution in [0.25, 0.3) is 11.0 Å². The predicted molar refractivity (Wildman–Crippen MR) is 140 cm³/mol. The minimum Gasteiger partial charge on any atom is -0.777 e. The summed E-state index contributed by atoms with van der Waals surface area (Å²) >= 11 is 0. The maximum absolute atomic E-state index is 14.1. The van der Waals surface area contributed by atoms with Gasteiger partial charge in [-0.1, -0.05) is 71.7 Å². The van der Waals surface area contributed by atoms with E-state index in [9.17, 15) is 13.2 Å². The normalized spacial score (nSPS) is 14.2. The van der Waals surface area contributed by atoms with Crippen molar-refractivity contribution in [3.63, 3.8) is 0 Å². The van der Waals surface area contributed by atoms with E-state index in [1.807, 2.05) is 25.3 Å². The topological polar surface area (TPSA) is 2.70 Å². The van der Waals surface area contributed by atoms with Gasteiger partial charge in [0.2, 0.25) is 5.76 Å². The van der Waals surface area contributed by atoms with E-state index >= 15 is 0 Å². The van der Waals surface area contributed by atoms with Crippen molar-refractivity contribution in [2.75, 3.05) is 0 Å². The van der Waals surface area contributed by atoms with Gasteiger partial charge in [0.15, 0.2) is 6.26 Å². The minimum atomic E-state index is -2.00. The molecular weight excluding hydrogens is 456 g/mol. The second-order valence-electron chi connectivity index (χ2n) is 9.28. The highest BCUT2D eigenvalue weighted by Gasteiger charge is 2.52. The molecule has 0 aliphatic carbocycles. The zero-order chi connectivity index (χ0) is 24.9. The van der Waals surface area contributed by atoms with Crippen molar-refractivity contribution in [2.45, 2.75) is 6.92 Å². The molecule has 4 aromatic carbocycles. The summed E-state index contributed by atoms with van der Waals surface area (Å²) in [6.07, 6.45) is -0.0639. The zero-order valence-electron chi connectivity index (χ0n) is 19.6. The van der Waals surface area contributed by atoms with Gasteiger partial charge < -0.3 is 3.96 Å². The lowest BCUT2D eigenvalue weighted by Gasteiger charge is -2.39. The summed E-state index contributed by atoms with van der Waals surface area (Å²) in [6.45, 7) is 2.04. The van der Waals surface area contributed by atoms with Gasteiger partial charge in [-0.3, -0.25) is 0 Å². The van der Waals surface area contributed by atoms with E-state index in [0.717, 1.165) is 44.4 Å². The molecule has 0 saturated heterocycles. The molecular formula is C31H22BF3O. The summed E-state index contributed by atoms with van der Waals surface area (Å²) < 4.78 is 45.7. The van der Waals surface area contributed by atoms with Gasteiger partial charge in [0.05, 0.1) is 0 Å². The monoisotopic (exact) mass is 478 g/mol. The predicted octanol–water partition coefficient (Wildman–Crippen LogP) is 6.81. The summed E-state index contributed by atoms with van der Waals surface area (Å²) in [7, 11) is 0. The molecule has 5 aromatic rings. The third-order valence-electron chi connectivity index (χ3n) is 7.20. The zero-order valence-corrected chi connectivity index (χ0v) is 19.6. The Bertz CT molecular complexity index is 1530. The Kier molecular flexibility index (Phi) is 5.22. The van der Waals surface area contributed by atoms with Crippen LogP contribution < -0.4 is 10.9 Å². The highest BCUT2D eigenvalue weighted by molar-refractivity contribution is 7.13. The number of benzene rings is 4. The Labute approximate surface area is 207 Å². The fourth-order valence-electron chi connectivity index (χ4n) is 5.65. The molecule has 0 saturated carbocycles. The summed E-state index contributed by atoms with van der Waals surface area (Å²) in [5, 5.41) is 0. The molecule has 2 heterocycles. The molecule has 1 aliphatic rings. The summed E-state index contributed by atoms with van der Waals surface area (Å²) in [4.78, 5) is 0. The van der Waals surface area contributed by atoms with Gasteiger partial charge in [0.25, 0.3) is 0 Å². The molecule has 1 aromatic heterocycles. The quantitative estimate of drug-likeness (QED) is 0.197. The highest BCUT2D eigenvalue weighted by atomic mass is 19.1. The third-order valence-corrected chi connectivity index (χ3v) is 7.20. The molecule has 176 valence electrons. The summed E-state index contributed by atoms with van der Waals surface area (Å²) in [5.41, 5.74) is 6.57. The van der Waals surface area contributed by atoms with Crippen molar-refractivity contribution in [1.82, 2.24) is 0 Å². The van der Waals surface area contributed by atoms with Gasteiger partial charge in [0, 0.05) is 17.7 Å². The van der Waals surface area contributed by atoms with Crippen molar-refractivity contribution in [1.29, 1.82) is 0 Å². The number of rotatable bonds is 4. The molecule has 1 nitrogen and oxygen atoms in total. The fraction of sp³-hybridized carbons (Fsp3) is 0.0323. The van der Waals surface area contributed by atoms with Crippen LogP contribution in [0, 0.1) is 24.4 Å². The van der Waals surface area contributed by atoms with Crippen LogP contribution in [-0.2, 0) is 0 Å². The molecule has 0 bridgehead atoms. The van der Waals surface area contributed by atoms with Crippen molar-refractivity contribution < 1.29 is 17.1 Å². The van der Waals surface area contributed by atoms with E-state index in [1.54, 1.807) is 36.4 Å². The lowest BCUT2D eigenvalue weighted by Crippen LogP contribution is -2.59. The first-order chi connectivity index (χ1) is 17.5. The van der Waals surface area contributed by atoms with Crippen molar-refractivity contribution in [3.05, 3.63) is 155 Å². The number of furan rings is 1. The molecule has 6 rings (SSSR count). The Morgan fingerprint density at radius 2 is 1.03 bits per heavy atom. The lowest BCUT2D eigenvalue weighted by atomic mass is 9.27. The van der Waals surface area contributed by atoms with Gasteiger partial charge in [-0.05, 0) is 54.4 Å². The third kappa shape index (κ3) is 3.35. The maximum atomic E-state index is 14.1. The molecule has 0 amide bonds. The van der Waals surface area contributed by atoms with Crippen LogP contribution in [-0.4, -0.2) is 6.35 Å². The van der Waals surface area contributed by atoms with Gasteiger partial charge in [-0.2, -0.15) is 0 Å². The number of hydrogen-bond donors (Lipinski definition) is 0.